The van der Waals surface area contributed by atoms with Crippen LogP contribution >= 0.6 is 11.3 Å². The number of benzene rings is 1. The van der Waals surface area contributed by atoms with Gasteiger partial charge in [0.05, 0.1) is 17.9 Å². The highest BCUT2D eigenvalue weighted by atomic mass is 32.1. The van der Waals surface area contributed by atoms with Gasteiger partial charge < -0.3 is 15.2 Å². The minimum atomic E-state index is -0.927. The maximum atomic E-state index is 12.7. The number of aliphatic imine (C=N–C) groups is 1. The van der Waals surface area contributed by atoms with E-state index in [1.165, 1.54) is 14.2 Å². The molecule has 1 aromatic carbocycles. The lowest BCUT2D eigenvalue weighted by Crippen LogP contribution is -2.43. The van der Waals surface area contributed by atoms with Crippen LogP contribution in [0.4, 0.5) is 10.7 Å². The molecular weight excluding hydrogens is 400 g/mol. The third kappa shape index (κ3) is 3.94. The number of anilines is 1. The van der Waals surface area contributed by atoms with Crippen molar-refractivity contribution in [2.75, 3.05) is 12.4 Å². The molecule has 3 rings (SSSR count). The Morgan fingerprint density at radius 3 is 2.59 bits per heavy atom. The fraction of sp³-hybridized carbons (Fsp3) is 0.167. The van der Waals surface area contributed by atoms with Crippen molar-refractivity contribution in [2.45, 2.75) is 6.92 Å². The number of thiophene rings is 1. The summed E-state index contributed by atoms with van der Waals surface area (Å²) in [4.78, 5) is 40.6. The lowest BCUT2D eigenvalue weighted by molar-refractivity contribution is -0.742. The Bertz CT molecular complexity index is 1160. The van der Waals surface area contributed by atoms with Crippen molar-refractivity contribution in [3.05, 3.63) is 62.4 Å². The fourth-order valence-electron chi connectivity index (χ4n) is 2.56. The number of hydrogen-bond acceptors (Lipinski definition) is 8. The first-order valence-electron chi connectivity index (χ1n) is 8.25. The second kappa shape index (κ2) is 8.10. The first-order chi connectivity index (χ1) is 13.8. The van der Waals surface area contributed by atoms with Gasteiger partial charge in [-0.05, 0) is 29.9 Å². The summed E-state index contributed by atoms with van der Waals surface area (Å²) in [6.07, 6.45) is 0. The van der Waals surface area contributed by atoms with E-state index in [0.29, 0.717) is 11.3 Å². The molecule has 0 aliphatic heterocycles. The minimum Gasteiger partial charge on any atom is -0.854 e. The molecule has 0 aliphatic rings. The third-order valence-electron chi connectivity index (χ3n) is 3.97. The number of nitrogens with one attached hydrogen (secondary N) is 2. The lowest BCUT2D eigenvalue weighted by atomic mass is 10.1. The van der Waals surface area contributed by atoms with E-state index in [1.807, 2.05) is 6.07 Å². The molecule has 0 fully saturated rings. The number of carbonyl (C=O) groups excluding carboxylic acids is 2. The molecule has 0 saturated heterocycles. The van der Waals surface area contributed by atoms with Crippen molar-refractivity contribution in [1.29, 1.82) is 0 Å². The molecule has 0 unspecified atom stereocenters. The van der Waals surface area contributed by atoms with E-state index < -0.39 is 23.4 Å². The number of para-hydroxylation sites is 1. The molecule has 2 aromatic heterocycles. The second-order valence-corrected chi connectivity index (χ2v) is 6.85. The number of esters is 1. The number of aromatic nitrogens is 2. The predicted molar refractivity (Wildman–Crippen MR) is 101 cm³/mol. The second-order valence-electron chi connectivity index (χ2n) is 5.85. The Hall–Kier alpha value is -3.73. The summed E-state index contributed by atoms with van der Waals surface area (Å²) >= 11 is 0.842. The molecule has 1 amide bonds. The average Bonchev–Trinajstić information content (AvgIpc) is 3.20. The van der Waals surface area contributed by atoms with Gasteiger partial charge in [-0.1, -0.05) is 22.9 Å². The molecule has 2 heterocycles. The first kappa shape index (κ1) is 20.0. The summed E-state index contributed by atoms with van der Waals surface area (Å²) < 4.78 is 10.4. The highest BCUT2D eigenvalue weighted by Gasteiger charge is 2.26. The van der Waals surface area contributed by atoms with Crippen LogP contribution in [-0.2, 0) is 11.8 Å². The number of amides is 1. The zero-order chi connectivity index (χ0) is 21.1. The standard InChI is InChI=1S/C18H16N4O6S/c1-9-11(17(25)27-3)16(20-14(23)12-18(26)28-21-22(12)2)29-13(9)15(24)19-10-7-5-4-6-8-10/h4-8H,1-3H3,(H2-,19,20,21,23,24,25,26). The number of nitrogens with zero attached hydrogens (tertiary/aromatic N) is 2. The summed E-state index contributed by atoms with van der Waals surface area (Å²) in [6, 6.07) is 8.75. The molecule has 2 N–H and O–H groups in total. The summed E-state index contributed by atoms with van der Waals surface area (Å²) in [5, 5.41) is 17.3. The van der Waals surface area contributed by atoms with Crippen LogP contribution in [0.25, 0.3) is 0 Å². The van der Waals surface area contributed by atoms with Crippen LogP contribution in [0, 0.1) is 6.92 Å². The van der Waals surface area contributed by atoms with Crippen LogP contribution in [-0.4, -0.2) is 30.2 Å². The lowest BCUT2D eigenvalue weighted by Gasteiger charge is -2.04. The summed E-state index contributed by atoms with van der Waals surface area (Å²) in [5.74, 6) is -2.15. The van der Waals surface area contributed by atoms with Crippen LogP contribution in [0.3, 0.4) is 0 Å². The van der Waals surface area contributed by atoms with Gasteiger partial charge in [-0.15, -0.1) is 11.3 Å². The largest absolute Gasteiger partial charge is 0.854 e. The van der Waals surface area contributed by atoms with Crippen molar-refractivity contribution in [2.24, 2.45) is 12.0 Å². The Balaban J connectivity index is 2.06. The Kier molecular flexibility index (Phi) is 5.59. The van der Waals surface area contributed by atoms with E-state index in [9.17, 15) is 19.5 Å². The number of carbonyl (C=O) groups is 2. The minimum absolute atomic E-state index is 0.0216. The van der Waals surface area contributed by atoms with Gasteiger partial charge in [0.2, 0.25) is 0 Å². The SMILES string of the molecule is COC(=O)c1c(/N=C(\[O-])c2c(=O)o[nH][n+]2C)sc(C(=O)Nc2ccccc2)c1C. The van der Waals surface area contributed by atoms with E-state index in [1.54, 1.807) is 31.2 Å². The summed E-state index contributed by atoms with van der Waals surface area (Å²) in [7, 11) is 2.57. The van der Waals surface area contributed by atoms with E-state index in [0.717, 1.165) is 16.0 Å². The molecular formula is C18H16N4O6S. The van der Waals surface area contributed by atoms with Gasteiger partial charge in [0.15, 0.2) is 7.05 Å². The highest BCUT2D eigenvalue weighted by Crippen LogP contribution is 2.36. The van der Waals surface area contributed by atoms with E-state index in [4.69, 9.17) is 4.74 Å². The molecule has 0 atom stereocenters. The number of aromatic amines is 1. The molecule has 11 heteroatoms. The highest BCUT2D eigenvalue weighted by molar-refractivity contribution is 7.18. The Morgan fingerprint density at radius 1 is 1.31 bits per heavy atom. The normalized spacial score (nSPS) is 11.3. The average molecular weight is 416 g/mol. The number of rotatable bonds is 5. The molecule has 10 nitrogen and oxygen atoms in total. The molecule has 0 saturated carbocycles. The van der Waals surface area contributed by atoms with Crippen LogP contribution in [0.15, 0.2) is 44.6 Å². The molecule has 3 aromatic rings. The third-order valence-corrected chi connectivity index (χ3v) is 5.15. The zero-order valence-corrected chi connectivity index (χ0v) is 16.5. The maximum absolute atomic E-state index is 12.7. The topological polar surface area (TPSA) is 141 Å². The van der Waals surface area contributed by atoms with E-state index in [-0.39, 0.29) is 21.1 Å². The first-order valence-corrected chi connectivity index (χ1v) is 9.06. The number of hydrogen-bond donors (Lipinski definition) is 2. The number of ether oxygens (including phenoxy) is 1. The molecule has 0 aliphatic carbocycles. The Labute approximate surface area is 168 Å². The smallest absolute Gasteiger partial charge is 0.435 e. The van der Waals surface area contributed by atoms with Gasteiger partial charge in [-0.3, -0.25) is 9.32 Å². The predicted octanol–water partition coefficient (Wildman–Crippen LogP) is 0.640. The Morgan fingerprint density at radius 2 is 2.00 bits per heavy atom. The molecule has 150 valence electrons. The van der Waals surface area contributed by atoms with Gasteiger partial charge in [-0.2, -0.15) is 0 Å². The van der Waals surface area contributed by atoms with Crippen LogP contribution < -0.4 is 20.7 Å². The summed E-state index contributed by atoms with van der Waals surface area (Å²) in [5.41, 5.74) is -0.409. The maximum Gasteiger partial charge on any atom is 0.435 e. The quantitative estimate of drug-likeness (QED) is 0.271. The molecule has 0 spiro atoms. The number of H-pyrrole nitrogens is 1. The zero-order valence-electron chi connectivity index (χ0n) is 15.6. The van der Waals surface area contributed by atoms with Crippen LogP contribution in [0.2, 0.25) is 0 Å². The summed E-state index contributed by atoms with van der Waals surface area (Å²) in [6.45, 7) is 1.55. The van der Waals surface area contributed by atoms with Gasteiger partial charge in [0.25, 0.3) is 5.91 Å². The fourth-order valence-corrected chi connectivity index (χ4v) is 3.62. The van der Waals surface area contributed by atoms with E-state index >= 15 is 0 Å². The van der Waals surface area contributed by atoms with Crippen molar-refractivity contribution in [1.82, 2.24) is 5.27 Å². The number of methoxy groups -OCH3 is 1. The van der Waals surface area contributed by atoms with Crippen molar-refractivity contribution >= 4 is 39.8 Å². The van der Waals surface area contributed by atoms with Crippen molar-refractivity contribution in [3.63, 3.8) is 0 Å². The van der Waals surface area contributed by atoms with Crippen molar-refractivity contribution in [3.8, 4) is 0 Å². The molecule has 0 bridgehead atoms. The van der Waals surface area contributed by atoms with E-state index in [2.05, 4.69) is 20.1 Å². The molecule has 0 radical (unpaired) electrons. The van der Waals surface area contributed by atoms with Gasteiger partial charge in [0.1, 0.15) is 10.6 Å². The van der Waals surface area contributed by atoms with Gasteiger partial charge >= 0.3 is 17.3 Å². The van der Waals surface area contributed by atoms with Crippen molar-refractivity contribution < 1.29 is 28.6 Å². The molecule has 29 heavy (non-hydrogen) atoms. The van der Waals surface area contributed by atoms with Gasteiger partial charge in [-0.25, -0.2) is 14.6 Å². The van der Waals surface area contributed by atoms with Gasteiger partial charge in [0, 0.05) is 5.69 Å². The van der Waals surface area contributed by atoms with Crippen LogP contribution in [0.1, 0.15) is 31.3 Å². The van der Waals surface area contributed by atoms with Crippen LogP contribution in [0.5, 0.6) is 0 Å². The monoisotopic (exact) mass is 416 g/mol. The number of aryl methyl sites for hydroxylation is 1.